The van der Waals surface area contributed by atoms with Crippen molar-refractivity contribution in [3.63, 3.8) is 0 Å². The van der Waals surface area contributed by atoms with Crippen molar-refractivity contribution in [2.45, 2.75) is 12.5 Å². The van der Waals surface area contributed by atoms with Crippen molar-refractivity contribution in [2.24, 2.45) is 5.73 Å². The van der Waals surface area contributed by atoms with Crippen molar-refractivity contribution < 1.29 is 4.39 Å². The van der Waals surface area contributed by atoms with Crippen molar-refractivity contribution in [3.05, 3.63) is 28.5 Å². The van der Waals surface area contributed by atoms with Gasteiger partial charge in [-0.1, -0.05) is 6.07 Å². The number of pyridine rings is 1. The van der Waals surface area contributed by atoms with E-state index in [-0.39, 0.29) is 6.04 Å². The first-order valence-electron chi connectivity index (χ1n) is 3.68. The summed E-state index contributed by atoms with van der Waals surface area (Å²) in [6, 6.07) is 5.15. The van der Waals surface area contributed by atoms with E-state index in [0.29, 0.717) is 6.42 Å². The second-order valence-electron chi connectivity index (χ2n) is 2.47. The molecule has 0 unspecified atom stereocenters. The molecule has 0 spiro atoms. The largest absolute Gasteiger partial charge is 0.323 e. The Bertz CT molecular complexity index is 255. The van der Waals surface area contributed by atoms with E-state index >= 15 is 0 Å². The smallest absolute Gasteiger partial charge is 0.106 e. The van der Waals surface area contributed by atoms with Crippen LogP contribution in [0.15, 0.2) is 22.8 Å². The molecular weight excluding hydrogens is 223 g/mol. The van der Waals surface area contributed by atoms with Crippen LogP contribution in [0.1, 0.15) is 18.2 Å². The molecular formula is C8H10BrFN2. The van der Waals surface area contributed by atoms with E-state index in [2.05, 4.69) is 20.9 Å². The molecule has 0 aliphatic heterocycles. The van der Waals surface area contributed by atoms with Crippen LogP contribution in [0.4, 0.5) is 4.39 Å². The van der Waals surface area contributed by atoms with Crippen LogP contribution in [0.2, 0.25) is 0 Å². The van der Waals surface area contributed by atoms with Crippen LogP contribution in [0.25, 0.3) is 0 Å². The van der Waals surface area contributed by atoms with E-state index < -0.39 is 6.67 Å². The average molecular weight is 233 g/mol. The Morgan fingerprint density at radius 1 is 1.58 bits per heavy atom. The first-order chi connectivity index (χ1) is 5.74. The molecule has 1 heterocycles. The normalized spacial score (nSPS) is 12.9. The van der Waals surface area contributed by atoms with Gasteiger partial charge < -0.3 is 5.73 Å². The summed E-state index contributed by atoms with van der Waals surface area (Å²) in [4.78, 5) is 4.12. The number of rotatable bonds is 3. The summed E-state index contributed by atoms with van der Waals surface area (Å²) in [7, 11) is 0. The Morgan fingerprint density at radius 2 is 2.33 bits per heavy atom. The standard InChI is InChI=1S/C8H10BrFN2/c9-8-3-1-2-7(12-8)6(11)4-5-10/h1-3,6H,4-5,11H2/t6-/m0/s1. The van der Waals surface area contributed by atoms with Crippen molar-refractivity contribution in [2.75, 3.05) is 6.67 Å². The molecule has 2 N–H and O–H groups in total. The van der Waals surface area contributed by atoms with Crippen LogP contribution < -0.4 is 5.73 Å². The van der Waals surface area contributed by atoms with E-state index in [9.17, 15) is 4.39 Å². The molecule has 0 aliphatic rings. The van der Waals surface area contributed by atoms with Crippen LogP contribution >= 0.6 is 15.9 Å². The second kappa shape index (κ2) is 4.52. The molecule has 0 fully saturated rings. The van der Waals surface area contributed by atoms with Crippen molar-refractivity contribution in [1.29, 1.82) is 0 Å². The molecule has 0 aromatic carbocycles. The van der Waals surface area contributed by atoms with Gasteiger partial charge in [-0.25, -0.2) is 4.98 Å². The zero-order valence-electron chi connectivity index (χ0n) is 6.50. The van der Waals surface area contributed by atoms with Crippen LogP contribution in [0.3, 0.4) is 0 Å². The Morgan fingerprint density at radius 3 is 2.92 bits per heavy atom. The molecule has 0 radical (unpaired) electrons. The highest BCUT2D eigenvalue weighted by molar-refractivity contribution is 9.10. The molecule has 0 amide bonds. The van der Waals surface area contributed by atoms with Gasteiger partial charge in [-0.15, -0.1) is 0 Å². The number of nitrogens with zero attached hydrogens (tertiary/aromatic N) is 1. The van der Waals surface area contributed by atoms with Gasteiger partial charge in [-0.3, -0.25) is 4.39 Å². The Balaban J connectivity index is 2.73. The Hall–Kier alpha value is -0.480. The van der Waals surface area contributed by atoms with E-state index in [1.165, 1.54) is 0 Å². The summed E-state index contributed by atoms with van der Waals surface area (Å²) in [6.45, 7) is -0.407. The Kier molecular flexibility index (Phi) is 3.62. The lowest BCUT2D eigenvalue weighted by molar-refractivity contribution is 0.438. The van der Waals surface area contributed by atoms with Gasteiger partial charge >= 0.3 is 0 Å². The van der Waals surface area contributed by atoms with Crippen molar-refractivity contribution in [1.82, 2.24) is 4.98 Å². The van der Waals surface area contributed by atoms with E-state index in [4.69, 9.17) is 5.73 Å². The molecule has 2 nitrogen and oxygen atoms in total. The zero-order valence-corrected chi connectivity index (χ0v) is 8.09. The predicted octanol–water partition coefficient (Wildman–Crippen LogP) is 2.20. The average Bonchev–Trinajstić information content (AvgIpc) is 2.05. The summed E-state index contributed by atoms with van der Waals surface area (Å²) in [5, 5.41) is 0. The molecule has 1 aromatic rings. The van der Waals surface area contributed by atoms with E-state index in [0.717, 1.165) is 10.3 Å². The molecule has 0 saturated heterocycles. The van der Waals surface area contributed by atoms with Gasteiger partial charge in [-0.05, 0) is 34.5 Å². The van der Waals surface area contributed by atoms with E-state index in [1.807, 2.05) is 12.1 Å². The highest BCUT2D eigenvalue weighted by atomic mass is 79.9. The molecule has 1 aromatic heterocycles. The lowest BCUT2D eigenvalue weighted by atomic mass is 10.1. The molecule has 1 rings (SSSR count). The zero-order chi connectivity index (χ0) is 8.97. The van der Waals surface area contributed by atoms with Crippen LogP contribution in [0.5, 0.6) is 0 Å². The summed E-state index contributed by atoms with van der Waals surface area (Å²) in [6.07, 6.45) is 0.323. The minimum Gasteiger partial charge on any atom is -0.323 e. The maximum atomic E-state index is 11.9. The third-order valence-corrected chi connectivity index (χ3v) is 1.98. The molecule has 1 atom stereocenters. The number of alkyl halides is 1. The fourth-order valence-electron chi connectivity index (χ4n) is 0.896. The monoisotopic (exact) mass is 232 g/mol. The molecule has 0 bridgehead atoms. The molecule has 12 heavy (non-hydrogen) atoms. The number of halogens is 2. The van der Waals surface area contributed by atoms with Gasteiger partial charge in [0.25, 0.3) is 0 Å². The lowest BCUT2D eigenvalue weighted by Crippen LogP contribution is -2.12. The summed E-state index contributed by atoms with van der Waals surface area (Å²) in [5.74, 6) is 0. The summed E-state index contributed by atoms with van der Waals surface area (Å²) < 4.78 is 12.6. The Labute approximate surface area is 79.1 Å². The first kappa shape index (κ1) is 9.61. The van der Waals surface area contributed by atoms with Crippen LogP contribution in [-0.4, -0.2) is 11.7 Å². The number of aromatic nitrogens is 1. The second-order valence-corrected chi connectivity index (χ2v) is 3.28. The minimum absolute atomic E-state index is 0.299. The summed E-state index contributed by atoms with van der Waals surface area (Å²) in [5.41, 5.74) is 6.38. The van der Waals surface area contributed by atoms with Gasteiger partial charge in [0.15, 0.2) is 0 Å². The summed E-state index contributed by atoms with van der Waals surface area (Å²) >= 11 is 3.22. The number of nitrogens with two attached hydrogens (primary N) is 1. The number of hydrogen-bond donors (Lipinski definition) is 1. The van der Waals surface area contributed by atoms with Gasteiger partial charge in [-0.2, -0.15) is 0 Å². The molecule has 0 aliphatic carbocycles. The van der Waals surface area contributed by atoms with Crippen LogP contribution in [0, 0.1) is 0 Å². The maximum Gasteiger partial charge on any atom is 0.106 e. The van der Waals surface area contributed by atoms with Gasteiger partial charge in [0.1, 0.15) is 4.60 Å². The van der Waals surface area contributed by atoms with Crippen molar-refractivity contribution >= 4 is 15.9 Å². The highest BCUT2D eigenvalue weighted by Crippen LogP contribution is 2.14. The van der Waals surface area contributed by atoms with Gasteiger partial charge in [0, 0.05) is 6.04 Å². The van der Waals surface area contributed by atoms with Crippen molar-refractivity contribution in [3.8, 4) is 0 Å². The number of hydrogen-bond acceptors (Lipinski definition) is 2. The highest BCUT2D eigenvalue weighted by Gasteiger charge is 2.06. The lowest BCUT2D eigenvalue weighted by Gasteiger charge is -2.07. The maximum absolute atomic E-state index is 11.9. The minimum atomic E-state index is -0.407. The molecule has 0 saturated carbocycles. The van der Waals surface area contributed by atoms with Crippen LogP contribution in [-0.2, 0) is 0 Å². The van der Waals surface area contributed by atoms with E-state index in [1.54, 1.807) is 6.07 Å². The first-order valence-corrected chi connectivity index (χ1v) is 4.47. The van der Waals surface area contributed by atoms with Gasteiger partial charge in [0.05, 0.1) is 12.4 Å². The molecule has 4 heteroatoms. The molecule has 66 valence electrons. The SMILES string of the molecule is N[C@@H](CCF)c1cccc(Br)n1. The third kappa shape index (κ3) is 2.53. The van der Waals surface area contributed by atoms with Gasteiger partial charge in [0.2, 0.25) is 0 Å². The topological polar surface area (TPSA) is 38.9 Å². The third-order valence-electron chi connectivity index (χ3n) is 1.54. The fraction of sp³-hybridized carbons (Fsp3) is 0.375. The quantitative estimate of drug-likeness (QED) is 0.813. The predicted molar refractivity (Wildman–Crippen MR) is 49.5 cm³/mol. The fourth-order valence-corrected chi connectivity index (χ4v) is 1.25.